The van der Waals surface area contributed by atoms with E-state index >= 15 is 0 Å². The average Bonchev–Trinajstić information content (AvgIpc) is 2.73. The second-order valence-electron chi connectivity index (χ2n) is 7.33. The van der Waals surface area contributed by atoms with Crippen molar-refractivity contribution >= 4 is 11.6 Å². The molecule has 1 aliphatic heterocycles. The number of halogens is 3. The van der Waals surface area contributed by atoms with Crippen LogP contribution in [0.25, 0.3) is 0 Å². The molecule has 156 valence electrons. The molecular weight excluding hydrogens is 379 g/mol. The first-order valence-electron chi connectivity index (χ1n) is 9.82. The van der Waals surface area contributed by atoms with Gasteiger partial charge in [-0.3, -0.25) is 9.69 Å². The Balaban J connectivity index is 1.44. The molecule has 29 heavy (non-hydrogen) atoms. The van der Waals surface area contributed by atoms with E-state index in [0.717, 1.165) is 24.7 Å². The number of hydrogen-bond acceptors (Lipinski definition) is 3. The Morgan fingerprint density at radius 2 is 1.72 bits per heavy atom. The predicted molar refractivity (Wildman–Crippen MR) is 108 cm³/mol. The van der Waals surface area contributed by atoms with E-state index in [0.29, 0.717) is 31.7 Å². The van der Waals surface area contributed by atoms with Gasteiger partial charge in [-0.1, -0.05) is 36.4 Å². The normalized spacial score (nSPS) is 16.5. The smallest absolute Gasteiger partial charge is 0.369 e. The third kappa shape index (κ3) is 5.97. The van der Waals surface area contributed by atoms with E-state index in [9.17, 15) is 18.0 Å². The van der Waals surface area contributed by atoms with Crippen LogP contribution in [0.2, 0.25) is 0 Å². The minimum atomic E-state index is -4.33. The van der Waals surface area contributed by atoms with Crippen LogP contribution < -0.4 is 10.2 Å². The summed E-state index contributed by atoms with van der Waals surface area (Å²) in [6, 6.07) is 15.2. The van der Waals surface area contributed by atoms with Crippen molar-refractivity contribution in [3.8, 4) is 0 Å². The minimum Gasteiger partial charge on any atom is -0.369 e. The van der Waals surface area contributed by atoms with Gasteiger partial charge in [0, 0.05) is 44.8 Å². The largest absolute Gasteiger partial charge is 0.416 e. The fourth-order valence-corrected chi connectivity index (χ4v) is 3.51. The number of piperazine rings is 1. The molecule has 1 N–H and O–H groups in total. The first-order valence-corrected chi connectivity index (χ1v) is 9.82. The second-order valence-corrected chi connectivity index (χ2v) is 7.33. The second kappa shape index (κ2) is 9.31. The predicted octanol–water partition coefficient (Wildman–Crippen LogP) is 4.09. The highest BCUT2D eigenvalue weighted by Gasteiger charge is 2.31. The lowest BCUT2D eigenvalue weighted by Gasteiger charge is -2.36. The fourth-order valence-electron chi connectivity index (χ4n) is 3.51. The van der Waals surface area contributed by atoms with Gasteiger partial charge in [0.05, 0.1) is 11.6 Å². The number of anilines is 1. The van der Waals surface area contributed by atoms with Gasteiger partial charge in [-0.2, -0.15) is 13.2 Å². The van der Waals surface area contributed by atoms with Gasteiger partial charge >= 0.3 is 6.18 Å². The molecule has 7 heteroatoms. The van der Waals surface area contributed by atoms with Crippen LogP contribution in [0.4, 0.5) is 18.9 Å². The average molecular weight is 405 g/mol. The Morgan fingerprint density at radius 1 is 1.03 bits per heavy atom. The highest BCUT2D eigenvalue weighted by molar-refractivity contribution is 5.76. The Morgan fingerprint density at radius 3 is 2.38 bits per heavy atom. The maximum absolute atomic E-state index is 12.9. The fraction of sp³-hybridized carbons (Fsp3) is 0.409. The van der Waals surface area contributed by atoms with E-state index in [1.807, 2.05) is 42.2 Å². The summed E-state index contributed by atoms with van der Waals surface area (Å²) < 4.78 is 38.7. The molecule has 1 heterocycles. The zero-order chi connectivity index (χ0) is 20.9. The molecule has 0 aromatic heterocycles. The van der Waals surface area contributed by atoms with E-state index in [2.05, 4.69) is 10.2 Å². The van der Waals surface area contributed by atoms with Gasteiger partial charge in [0.1, 0.15) is 0 Å². The summed E-state index contributed by atoms with van der Waals surface area (Å²) in [4.78, 5) is 16.4. The Kier molecular flexibility index (Phi) is 6.79. The van der Waals surface area contributed by atoms with Gasteiger partial charge in [0.15, 0.2) is 0 Å². The van der Waals surface area contributed by atoms with Crippen LogP contribution in [0.3, 0.4) is 0 Å². The maximum Gasteiger partial charge on any atom is 0.416 e. The van der Waals surface area contributed by atoms with Crippen LogP contribution in [-0.2, 0) is 11.0 Å². The molecule has 0 unspecified atom stereocenters. The quantitative estimate of drug-likeness (QED) is 0.786. The third-order valence-corrected chi connectivity index (χ3v) is 5.24. The van der Waals surface area contributed by atoms with E-state index in [1.54, 1.807) is 6.07 Å². The number of alkyl halides is 3. The molecule has 2 aromatic carbocycles. The molecule has 1 saturated heterocycles. The van der Waals surface area contributed by atoms with E-state index < -0.39 is 11.7 Å². The Hall–Kier alpha value is -2.54. The van der Waals surface area contributed by atoms with Gasteiger partial charge in [0.25, 0.3) is 0 Å². The number of nitrogens with zero attached hydrogens (tertiary/aromatic N) is 2. The van der Waals surface area contributed by atoms with Crippen LogP contribution >= 0.6 is 0 Å². The van der Waals surface area contributed by atoms with Crippen molar-refractivity contribution in [1.82, 2.24) is 10.2 Å². The molecule has 1 amide bonds. The van der Waals surface area contributed by atoms with Crippen molar-refractivity contribution in [2.24, 2.45) is 0 Å². The van der Waals surface area contributed by atoms with Crippen molar-refractivity contribution in [1.29, 1.82) is 0 Å². The Bertz CT molecular complexity index is 802. The number of carbonyl (C=O) groups is 1. The molecule has 0 saturated carbocycles. The summed E-state index contributed by atoms with van der Waals surface area (Å²) in [5, 5.41) is 3.01. The van der Waals surface area contributed by atoms with Gasteiger partial charge in [-0.15, -0.1) is 0 Å². The first kappa shape index (κ1) is 21.2. The zero-order valence-corrected chi connectivity index (χ0v) is 16.5. The highest BCUT2D eigenvalue weighted by atomic mass is 19.4. The van der Waals surface area contributed by atoms with E-state index in [1.165, 1.54) is 12.1 Å². The van der Waals surface area contributed by atoms with Crippen molar-refractivity contribution in [3.05, 3.63) is 65.7 Å². The molecule has 3 rings (SSSR count). The molecule has 4 nitrogen and oxygen atoms in total. The van der Waals surface area contributed by atoms with Gasteiger partial charge in [0.2, 0.25) is 5.91 Å². The van der Waals surface area contributed by atoms with Crippen molar-refractivity contribution in [2.45, 2.75) is 25.6 Å². The van der Waals surface area contributed by atoms with Gasteiger partial charge in [-0.05, 0) is 30.7 Å². The number of hydrogen-bond donors (Lipinski definition) is 1. The molecule has 1 aliphatic rings. The summed E-state index contributed by atoms with van der Waals surface area (Å²) >= 11 is 0. The van der Waals surface area contributed by atoms with Crippen molar-refractivity contribution in [3.63, 3.8) is 0 Å². The first-order chi connectivity index (χ1) is 13.8. The summed E-state index contributed by atoms with van der Waals surface area (Å²) in [6.45, 7) is 5.33. The summed E-state index contributed by atoms with van der Waals surface area (Å²) in [5.74, 6) is 0.00154. The monoisotopic (exact) mass is 405 g/mol. The molecular formula is C22H26F3N3O. The highest BCUT2D eigenvalue weighted by Crippen LogP contribution is 2.31. The summed E-state index contributed by atoms with van der Waals surface area (Å²) in [7, 11) is 0. The van der Waals surface area contributed by atoms with Crippen LogP contribution in [0.15, 0.2) is 54.6 Å². The SMILES string of the molecule is C[C@@H](NC(=O)CCN1CCN(c2cccc(C(F)(F)F)c2)CC1)c1ccccc1. The van der Waals surface area contributed by atoms with Crippen LogP contribution in [0.5, 0.6) is 0 Å². The maximum atomic E-state index is 12.9. The molecule has 0 bridgehead atoms. The van der Waals surface area contributed by atoms with Crippen LogP contribution in [0.1, 0.15) is 30.5 Å². The lowest BCUT2D eigenvalue weighted by molar-refractivity contribution is -0.137. The zero-order valence-electron chi connectivity index (χ0n) is 16.5. The molecule has 1 fully saturated rings. The third-order valence-electron chi connectivity index (χ3n) is 5.24. The number of rotatable bonds is 6. The van der Waals surface area contributed by atoms with Crippen LogP contribution in [-0.4, -0.2) is 43.5 Å². The number of nitrogens with one attached hydrogen (secondary N) is 1. The lowest BCUT2D eigenvalue weighted by atomic mass is 10.1. The topological polar surface area (TPSA) is 35.6 Å². The summed E-state index contributed by atoms with van der Waals surface area (Å²) in [5.41, 5.74) is 1.03. The lowest BCUT2D eigenvalue weighted by Crippen LogP contribution is -2.47. The number of carbonyl (C=O) groups excluding carboxylic acids is 1. The van der Waals surface area contributed by atoms with Gasteiger partial charge in [-0.25, -0.2) is 0 Å². The molecule has 1 atom stereocenters. The van der Waals surface area contributed by atoms with Crippen molar-refractivity contribution in [2.75, 3.05) is 37.6 Å². The molecule has 2 aromatic rings. The number of amides is 1. The standard InChI is InChI=1S/C22H26F3N3O/c1-17(18-6-3-2-4-7-18)26-21(29)10-11-27-12-14-28(15-13-27)20-9-5-8-19(16-20)22(23,24)25/h2-9,16-17H,10-15H2,1H3,(H,26,29)/t17-/m1/s1. The minimum absolute atomic E-state index is 0.00154. The number of benzene rings is 2. The Labute approximate surface area is 169 Å². The van der Waals surface area contributed by atoms with Crippen LogP contribution in [0, 0.1) is 0 Å². The molecule has 0 radical (unpaired) electrons. The van der Waals surface area contributed by atoms with Gasteiger partial charge < -0.3 is 10.2 Å². The van der Waals surface area contributed by atoms with Crippen molar-refractivity contribution < 1.29 is 18.0 Å². The summed E-state index contributed by atoms with van der Waals surface area (Å²) in [6.07, 6.45) is -3.93. The van der Waals surface area contributed by atoms with E-state index in [4.69, 9.17) is 0 Å². The molecule has 0 aliphatic carbocycles. The van der Waals surface area contributed by atoms with E-state index in [-0.39, 0.29) is 11.9 Å². The molecule has 0 spiro atoms.